The molecule has 2 atom stereocenters. The average Bonchev–Trinajstić information content (AvgIpc) is 2.30. The third-order valence-corrected chi connectivity index (χ3v) is 3.62. The lowest BCUT2D eigenvalue weighted by atomic mass is 9.95. The Bertz CT molecular complexity index is 224. The second-order valence-electron chi connectivity index (χ2n) is 4.73. The number of nitrogens with zero attached hydrogens (tertiary/aromatic N) is 1. The van der Waals surface area contributed by atoms with Crippen molar-refractivity contribution in [3.63, 3.8) is 0 Å². The second kappa shape index (κ2) is 5.08. The highest BCUT2D eigenvalue weighted by Crippen LogP contribution is 2.24. The second-order valence-corrected chi connectivity index (χ2v) is 4.73. The first-order valence-corrected chi connectivity index (χ1v) is 6.13. The van der Waals surface area contributed by atoms with Gasteiger partial charge < -0.3 is 4.74 Å². The summed E-state index contributed by atoms with van der Waals surface area (Å²) < 4.78 is 5.51. The van der Waals surface area contributed by atoms with E-state index in [0.29, 0.717) is 11.8 Å². The summed E-state index contributed by atoms with van der Waals surface area (Å²) in [6, 6.07) is 0.665. The van der Waals surface area contributed by atoms with Gasteiger partial charge >= 0.3 is 0 Å². The van der Waals surface area contributed by atoms with Gasteiger partial charge in [-0.1, -0.05) is 6.42 Å². The fourth-order valence-electron chi connectivity index (χ4n) is 2.81. The molecule has 2 saturated heterocycles. The molecule has 15 heavy (non-hydrogen) atoms. The first-order valence-electron chi connectivity index (χ1n) is 6.13. The van der Waals surface area contributed by atoms with E-state index in [4.69, 9.17) is 4.74 Å². The molecule has 0 N–H and O–H groups in total. The number of carbonyl (C=O) groups is 1. The van der Waals surface area contributed by atoms with Crippen molar-refractivity contribution in [1.82, 2.24) is 4.90 Å². The summed E-state index contributed by atoms with van der Waals surface area (Å²) in [7, 11) is 0. The van der Waals surface area contributed by atoms with Crippen LogP contribution in [0.25, 0.3) is 0 Å². The number of rotatable bonds is 2. The molecule has 0 bridgehead atoms. The van der Waals surface area contributed by atoms with Gasteiger partial charge in [0.1, 0.15) is 5.78 Å². The van der Waals surface area contributed by atoms with Crippen LogP contribution in [0.5, 0.6) is 0 Å². The van der Waals surface area contributed by atoms with Gasteiger partial charge in [-0.2, -0.15) is 0 Å². The lowest BCUT2D eigenvalue weighted by molar-refractivity contribution is -0.126. The molecule has 86 valence electrons. The van der Waals surface area contributed by atoms with E-state index in [0.717, 1.165) is 32.6 Å². The summed E-state index contributed by atoms with van der Waals surface area (Å²) in [5.41, 5.74) is 0. The minimum Gasteiger partial charge on any atom is -0.380 e. The number of Topliss-reactive ketones (excluding diaryl/α,β-unsaturated/α-hetero) is 1. The molecule has 0 aromatic heterocycles. The van der Waals surface area contributed by atoms with Crippen LogP contribution < -0.4 is 0 Å². The number of carbonyl (C=O) groups excluding carboxylic acids is 1. The standard InChI is InChI=1S/C12H21NO2/c1-10(14)12-6-2-3-7-13(12)11-5-4-8-15-9-11/h11-12H,2-9H2,1H3. The number of ketones is 1. The fraction of sp³-hybridized carbons (Fsp3) is 0.917. The molecule has 2 rings (SSSR count). The van der Waals surface area contributed by atoms with Crippen molar-refractivity contribution < 1.29 is 9.53 Å². The van der Waals surface area contributed by atoms with E-state index in [1.807, 2.05) is 0 Å². The molecular weight excluding hydrogens is 190 g/mol. The smallest absolute Gasteiger partial charge is 0.146 e. The SMILES string of the molecule is CC(=O)C1CCCCN1C1CCCOC1. The molecule has 0 aromatic carbocycles. The van der Waals surface area contributed by atoms with Gasteiger partial charge in [-0.05, 0) is 39.2 Å². The van der Waals surface area contributed by atoms with E-state index in [9.17, 15) is 4.79 Å². The van der Waals surface area contributed by atoms with Crippen molar-refractivity contribution >= 4 is 5.78 Å². The van der Waals surface area contributed by atoms with Crippen molar-refractivity contribution in [3.05, 3.63) is 0 Å². The number of piperidine rings is 1. The van der Waals surface area contributed by atoms with Crippen molar-refractivity contribution in [3.8, 4) is 0 Å². The molecule has 2 fully saturated rings. The van der Waals surface area contributed by atoms with Crippen LogP contribution in [0.2, 0.25) is 0 Å². The molecule has 2 unspecified atom stereocenters. The van der Waals surface area contributed by atoms with E-state index in [1.54, 1.807) is 6.92 Å². The molecule has 2 aliphatic rings. The third kappa shape index (κ3) is 2.58. The van der Waals surface area contributed by atoms with Gasteiger partial charge in [0.2, 0.25) is 0 Å². The summed E-state index contributed by atoms with van der Waals surface area (Å²) in [6.07, 6.45) is 5.83. The number of hydrogen-bond donors (Lipinski definition) is 0. The Labute approximate surface area is 91.8 Å². The maximum Gasteiger partial charge on any atom is 0.146 e. The predicted octanol–water partition coefficient (Wildman–Crippen LogP) is 1.61. The highest BCUT2D eigenvalue weighted by molar-refractivity contribution is 5.81. The Balaban J connectivity index is 1.99. The van der Waals surface area contributed by atoms with E-state index in [-0.39, 0.29) is 6.04 Å². The molecule has 0 aromatic rings. The van der Waals surface area contributed by atoms with E-state index in [1.165, 1.54) is 19.3 Å². The summed E-state index contributed by atoms with van der Waals surface area (Å²) in [5, 5.41) is 0. The van der Waals surface area contributed by atoms with Gasteiger partial charge in [-0.15, -0.1) is 0 Å². The van der Waals surface area contributed by atoms with Crippen molar-refractivity contribution in [2.24, 2.45) is 0 Å². The average molecular weight is 211 g/mol. The van der Waals surface area contributed by atoms with Crippen LogP contribution in [0.4, 0.5) is 0 Å². The zero-order chi connectivity index (χ0) is 10.7. The molecule has 2 heterocycles. The third-order valence-electron chi connectivity index (χ3n) is 3.62. The van der Waals surface area contributed by atoms with Crippen LogP contribution >= 0.6 is 0 Å². The Morgan fingerprint density at radius 3 is 2.80 bits per heavy atom. The Morgan fingerprint density at radius 1 is 1.27 bits per heavy atom. The monoisotopic (exact) mass is 211 g/mol. The first kappa shape index (κ1) is 11.1. The van der Waals surface area contributed by atoms with Gasteiger partial charge in [0.05, 0.1) is 12.6 Å². The highest BCUT2D eigenvalue weighted by atomic mass is 16.5. The Hall–Kier alpha value is -0.410. The topological polar surface area (TPSA) is 29.5 Å². The van der Waals surface area contributed by atoms with Crippen LogP contribution in [0, 0.1) is 0 Å². The Morgan fingerprint density at radius 2 is 2.13 bits per heavy atom. The summed E-state index contributed by atoms with van der Waals surface area (Å²) >= 11 is 0. The van der Waals surface area contributed by atoms with Gasteiger partial charge in [0, 0.05) is 12.6 Å². The van der Waals surface area contributed by atoms with Crippen LogP contribution in [0.3, 0.4) is 0 Å². The van der Waals surface area contributed by atoms with Crippen LogP contribution in [-0.2, 0) is 9.53 Å². The minimum atomic E-state index is 0.172. The quantitative estimate of drug-likeness (QED) is 0.695. The van der Waals surface area contributed by atoms with Gasteiger partial charge in [-0.25, -0.2) is 0 Å². The molecule has 0 amide bonds. The number of ether oxygens (including phenoxy) is 1. The minimum absolute atomic E-state index is 0.172. The lowest BCUT2D eigenvalue weighted by Gasteiger charge is -2.41. The van der Waals surface area contributed by atoms with E-state index >= 15 is 0 Å². The van der Waals surface area contributed by atoms with Crippen molar-refractivity contribution in [1.29, 1.82) is 0 Å². The number of hydrogen-bond acceptors (Lipinski definition) is 3. The van der Waals surface area contributed by atoms with Gasteiger partial charge in [0.25, 0.3) is 0 Å². The Kier molecular flexibility index (Phi) is 3.76. The van der Waals surface area contributed by atoms with Crippen LogP contribution in [0.1, 0.15) is 39.0 Å². The summed E-state index contributed by atoms with van der Waals surface area (Å²) in [6.45, 7) is 4.53. The fourth-order valence-corrected chi connectivity index (χ4v) is 2.81. The van der Waals surface area contributed by atoms with Crippen molar-refractivity contribution in [2.45, 2.75) is 51.1 Å². The van der Waals surface area contributed by atoms with Crippen LogP contribution in [-0.4, -0.2) is 42.5 Å². The molecule has 0 spiro atoms. The molecule has 0 aliphatic carbocycles. The zero-order valence-electron chi connectivity index (χ0n) is 9.58. The predicted molar refractivity (Wildman–Crippen MR) is 58.9 cm³/mol. The summed E-state index contributed by atoms with van der Waals surface area (Å²) in [4.78, 5) is 14.0. The zero-order valence-corrected chi connectivity index (χ0v) is 9.58. The molecule has 2 aliphatic heterocycles. The molecule has 0 saturated carbocycles. The molecular formula is C12H21NO2. The molecule has 0 radical (unpaired) electrons. The maximum atomic E-state index is 11.6. The largest absolute Gasteiger partial charge is 0.380 e. The lowest BCUT2D eigenvalue weighted by Crippen LogP contribution is -2.52. The van der Waals surface area contributed by atoms with Gasteiger partial charge in [0.15, 0.2) is 0 Å². The van der Waals surface area contributed by atoms with Crippen molar-refractivity contribution in [2.75, 3.05) is 19.8 Å². The summed E-state index contributed by atoms with van der Waals surface area (Å²) in [5.74, 6) is 0.334. The normalized spacial score (nSPS) is 33.9. The van der Waals surface area contributed by atoms with E-state index < -0.39 is 0 Å². The van der Waals surface area contributed by atoms with E-state index in [2.05, 4.69) is 4.90 Å². The number of likely N-dealkylation sites (tertiary alicyclic amines) is 1. The molecule has 3 nitrogen and oxygen atoms in total. The van der Waals surface area contributed by atoms with Gasteiger partial charge in [-0.3, -0.25) is 9.69 Å². The maximum absolute atomic E-state index is 11.6. The first-order chi connectivity index (χ1) is 7.29. The van der Waals surface area contributed by atoms with Crippen LogP contribution in [0.15, 0.2) is 0 Å². The molecule has 3 heteroatoms. The highest BCUT2D eigenvalue weighted by Gasteiger charge is 2.32.